The average molecular weight is 494 g/mol. The molecule has 1 fully saturated rings. The van der Waals surface area contributed by atoms with E-state index >= 15 is 0 Å². The number of nitrogens with zero attached hydrogens (tertiary/aromatic N) is 3. The lowest BCUT2D eigenvalue weighted by Gasteiger charge is -2.27. The van der Waals surface area contributed by atoms with E-state index in [4.69, 9.17) is 14.2 Å². The molecule has 36 heavy (non-hydrogen) atoms. The first-order valence-corrected chi connectivity index (χ1v) is 12.9. The smallest absolute Gasteiger partial charge is 0.161 e. The molecular formula is C29H39N3O4. The molecule has 0 aliphatic carbocycles. The second-order valence-electron chi connectivity index (χ2n) is 9.68. The van der Waals surface area contributed by atoms with Gasteiger partial charge in [-0.05, 0) is 62.6 Å². The summed E-state index contributed by atoms with van der Waals surface area (Å²) >= 11 is 0. The molecule has 1 aliphatic heterocycles. The molecule has 2 aromatic carbocycles. The van der Waals surface area contributed by atoms with Gasteiger partial charge in [-0.1, -0.05) is 30.7 Å². The van der Waals surface area contributed by atoms with Gasteiger partial charge in [0.25, 0.3) is 0 Å². The van der Waals surface area contributed by atoms with Gasteiger partial charge < -0.3 is 23.9 Å². The van der Waals surface area contributed by atoms with Gasteiger partial charge in [-0.3, -0.25) is 4.90 Å². The molecule has 7 heteroatoms. The number of hydrogen-bond donors (Lipinski definition) is 1. The highest BCUT2D eigenvalue weighted by atomic mass is 16.5. The van der Waals surface area contributed by atoms with Gasteiger partial charge in [-0.25, -0.2) is 4.98 Å². The molecule has 0 saturated carbocycles. The summed E-state index contributed by atoms with van der Waals surface area (Å²) in [5.41, 5.74) is 1.56. The topological polar surface area (TPSA) is 69.0 Å². The molecule has 2 heterocycles. The van der Waals surface area contributed by atoms with E-state index in [0.29, 0.717) is 19.6 Å². The Morgan fingerprint density at radius 2 is 1.86 bits per heavy atom. The van der Waals surface area contributed by atoms with E-state index < -0.39 is 5.60 Å². The van der Waals surface area contributed by atoms with E-state index in [0.717, 1.165) is 68.5 Å². The summed E-state index contributed by atoms with van der Waals surface area (Å²) < 4.78 is 19.7. The average Bonchev–Trinajstić information content (AvgIpc) is 3.26. The van der Waals surface area contributed by atoms with Crippen LogP contribution in [-0.4, -0.2) is 58.6 Å². The van der Waals surface area contributed by atoms with E-state index in [9.17, 15) is 5.11 Å². The summed E-state index contributed by atoms with van der Waals surface area (Å²) in [6.07, 6.45) is 7.06. The summed E-state index contributed by atoms with van der Waals surface area (Å²) in [6.45, 7) is 8.32. The van der Waals surface area contributed by atoms with Crippen LogP contribution in [0.3, 0.4) is 0 Å². The molecule has 1 N–H and O–H groups in total. The zero-order valence-electron chi connectivity index (χ0n) is 21.8. The van der Waals surface area contributed by atoms with Gasteiger partial charge in [0, 0.05) is 31.9 Å². The second kappa shape index (κ2) is 12.3. The zero-order chi connectivity index (χ0) is 25.4. The van der Waals surface area contributed by atoms with Gasteiger partial charge in [0.05, 0.1) is 19.3 Å². The maximum atomic E-state index is 11.2. The summed E-state index contributed by atoms with van der Waals surface area (Å²) in [6, 6.07) is 14.1. The predicted molar refractivity (Wildman–Crippen MR) is 141 cm³/mol. The molecule has 0 amide bonds. The normalized spacial score (nSPS) is 18.6. The molecule has 1 aliphatic rings. The highest BCUT2D eigenvalue weighted by Gasteiger charge is 2.31. The van der Waals surface area contributed by atoms with E-state index in [2.05, 4.69) is 40.4 Å². The minimum Gasteiger partial charge on any atom is -0.493 e. The van der Waals surface area contributed by atoms with Crippen LogP contribution < -0.4 is 14.2 Å². The minimum atomic E-state index is -0.807. The lowest BCUT2D eigenvalue weighted by atomic mass is 9.96. The monoisotopic (exact) mass is 493 g/mol. The number of likely N-dealkylation sites (tertiary alicyclic amines) is 1. The highest BCUT2D eigenvalue weighted by Crippen LogP contribution is 2.30. The fourth-order valence-electron chi connectivity index (χ4n) is 4.69. The number of aryl methyl sites for hydroxylation is 2. The van der Waals surface area contributed by atoms with E-state index in [1.165, 1.54) is 11.1 Å². The van der Waals surface area contributed by atoms with Crippen molar-refractivity contribution in [3.05, 3.63) is 71.8 Å². The molecular weight excluding hydrogens is 454 g/mol. The fraction of sp³-hybridized carbons (Fsp3) is 0.483. The third kappa shape index (κ3) is 7.02. The van der Waals surface area contributed by atoms with Crippen LogP contribution in [0.15, 0.2) is 54.9 Å². The molecule has 7 nitrogen and oxygen atoms in total. The third-order valence-electron chi connectivity index (χ3n) is 6.88. The Kier molecular flexibility index (Phi) is 8.88. The van der Waals surface area contributed by atoms with Crippen LogP contribution in [0.4, 0.5) is 0 Å². The summed E-state index contributed by atoms with van der Waals surface area (Å²) in [5.74, 6) is 3.36. The maximum absolute atomic E-state index is 11.2. The third-order valence-corrected chi connectivity index (χ3v) is 6.88. The predicted octanol–water partition coefficient (Wildman–Crippen LogP) is 4.64. The fourth-order valence-corrected chi connectivity index (χ4v) is 4.69. The Morgan fingerprint density at radius 3 is 2.64 bits per heavy atom. The van der Waals surface area contributed by atoms with Crippen molar-refractivity contribution in [2.75, 3.05) is 33.4 Å². The molecule has 0 spiro atoms. The second-order valence-corrected chi connectivity index (χ2v) is 9.68. The molecule has 194 valence electrons. The van der Waals surface area contributed by atoms with Crippen molar-refractivity contribution in [3.8, 4) is 17.2 Å². The van der Waals surface area contributed by atoms with Gasteiger partial charge in [0.1, 0.15) is 24.8 Å². The number of aliphatic hydroxyl groups is 1. The van der Waals surface area contributed by atoms with Gasteiger partial charge in [0.15, 0.2) is 11.5 Å². The maximum Gasteiger partial charge on any atom is 0.161 e. The molecule has 1 atom stereocenters. The van der Waals surface area contributed by atoms with Crippen molar-refractivity contribution < 1.29 is 19.3 Å². The number of hydrogen-bond acceptors (Lipinski definition) is 6. The first-order chi connectivity index (χ1) is 17.5. The van der Waals surface area contributed by atoms with Crippen LogP contribution in [0.5, 0.6) is 17.2 Å². The van der Waals surface area contributed by atoms with Gasteiger partial charge in [-0.15, -0.1) is 0 Å². The number of rotatable bonds is 11. The standard InChI is InChI=1S/C29H39N3O4/c1-4-28-30-14-17-32(28)18-19-35-27-20-24(8-11-26(27)34-3)21-31-15-5-12-29(33,13-16-31)22-36-25-9-6-23(2)7-10-25/h6-11,14,17,20,33H,4-5,12-13,15-16,18-19,21-22H2,1-3H3/t29-/m1/s1. The van der Waals surface area contributed by atoms with Crippen molar-refractivity contribution in [1.29, 1.82) is 0 Å². The Hall–Kier alpha value is -3.03. The molecule has 4 rings (SSSR count). The summed E-state index contributed by atoms with van der Waals surface area (Å²) in [7, 11) is 1.67. The lowest BCUT2D eigenvalue weighted by molar-refractivity contribution is -0.0168. The van der Waals surface area contributed by atoms with Crippen molar-refractivity contribution in [2.45, 2.75) is 58.2 Å². The van der Waals surface area contributed by atoms with Crippen molar-refractivity contribution in [2.24, 2.45) is 0 Å². The van der Waals surface area contributed by atoms with Gasteiger partial charge in [-0.2, -0.15) is 0 Å². The number of methoxy groups -OCH3 is 1. The van der Waals surface area contributed by atoms with Crippen LogP contribution in [0, 0.1) is 6.92 Å². The Balaban J connectivity index is 1.31. The summed E-state index contributed by atoms with van der Waals surface area (Å²) in [5, 5.41) is 11.2. The van der Waals surface area contributed by atoms with Crippen molar-refractivity contribution >= 4 is 0 Å². The largest absolute Gasteiger partial charge is 0.493 e. The van der Waals surface area contributed by atoms with Gasteiger partial charge >= 0.3 is 0 Å². The van der Waals surface area contributed by atoms with Crippen molar-refractivity contribution in [3.63, 3.8) is 0 Å². The van der Waals surface area contributed by atoms with Crippen molar-refractivity contribution in [1.82, 2.24) is 14.5 Å². The van der Waals surface area contributed by atoms with E-state index in [1.807, 2.05) is 42.7 Å². The molecule has 0 bridgehead atoms. The van der Waals surface area contributed by atoms with Crippen LogP contribution in [-0.2, 0) is 19.5 Å². The quantitative estimate of drug-likeness (QED) is 0.420. The number of ether oxygens (including phenoxy) is 3. The Morgan fingerprint density at radius 1 is 1.03 bits per heavy atom. The lowest BCUT2D eigenvalue weighted by Crippen LogP contribution is -2.37. The summed E-state index contributed by atoms with van der Waals surface area (Å²) in [4.78, 5) is 6.77. The van der Waals surface area contributed by atoms with Gasteiger partial charge in [0.2, 0.25) is 0 Å². The Bertz CT molecular complexity index is 1100. The van der Waals surface area contributed by atoms with Crippen LogP contribution in [0.1, 0.15) is 43.1 Å². The van der Waals surface area contributed by atoms with Crippen LogP contribution >= 0.6 is 0 Å². The molecule has 0 unspecified atom stereocenters. The zero-order valence-corrected chi connectivity index (χ0v) is 21.8. The number of benzene rings is 2. The van der Waals surface area contributed by atoms with E-state index in [-0.39, 0.29) is 0 Å². The molecule has 1 aromatic heterocycles. The first-order valence-electron chi connectivity index (χ1n) is 12.9. The Labute approximate surface area is 214 Å². The number of aromatic nitrogens is 2. The first kappa shape index (κ1) is 26.0. The van der Waals surface area contributed by atoms with Crippen LogP contribution in [0.2, 0.25) is 0 Å². The molecule has 3 aromatic rings. The number of imidazole rings is 1. The molecule has 0 radical (unpaired) electrons. The van der Waals surface area contributed by atoms with E-state index in [1.54, 1.807) is 7.11 Å². The molecule has 1 saturated heterocycles. The highest BCUT2D eigenvalue weighted by molar-refractivity contribution is 5.43. The van der Waals surface area contributed by atoms with Crippen LogP contribution in [0.25, 0.3) is 0 Å². The minimum absolute atomic E-state index is 0.321. The SMILES string of the molecule is CCc1nccn1CCOc1cc(CN2CCC[C@](O)(COc3ccc(C)cc3)CC2)ccc1OC.